The third-order valence-corrected chi connectivity index (χ3v) is 5.74. The van der Waals surface area contributed by atoms with Gasteiger partial charge in [-0.1, -0.05) is 70.4 Å². The molecule has 4 N–H and O–H groups in total. The number of aliphatic hydroxyl groups is 4. The van der Waals surface area contributed by atoms with Crippen LogP contribution in [0.15, 0.2) is 12.2 Å². The van der Waals surface area contributed by atoms with E-state index in [1.54, 1.807) is 0 Å². The summed E-state index contributed by atoms with van der Waals surface area (Å²) in [4.78, 5) is 11.9. The second kappa shape index (κ2) is 17.6. The first-order valence-corrected chi connectivity index (χ1v) is 12.2. The molecule has 7 nitrogen and oxygen atoms in total. The fourth-order valence-electron chi connectivity index (χ4n) is 3.69. The Labute approximate surface area is 187 Å². The van der Waals surface area contributed by atoms with Gasteiger partial charge in [-0.25, -0.2) is 0 Å². The van der Waals surface area contributed by atoms with E-state index in [1.165, 1.54) is 44.9 Å². The van der Waals surface area contributed by atoms with E-state index in [9.17, 15) is 20.1 Å². The average molecular weight is 445 g/mol. The maximum absolute atomic E-state index is 11.9. The second-order valence-electron chi connectivity index (χ2n) is 8.52. The highest BCUT2D eigenvalue weighted by Gasteiger charge is 2.45. The summed E-state index contributed by atoms with van der Waals surface area (Å²) in [6.07, 6.45) is 13.0. The summed E-state index contributed by atoms with van der Waals surface area (Å²) in [5.74, 6) is -0.526. The van der Waals surface area contributed by atoms with E-state index in [0.29, 0.717) is 6.42 Å². The number of aliphatic hydroxyl groups excluding tert-OH is 4. The summed E-state index contributed by atoms with van der Waals surface area (Å²) < 4.78 is 10.2. The molecule has 1 aliphatic rings. The van der Waals surface area contributed by atoms with Gasteiger partial charge in [0.05, 0.1) is 6.61 Å². The molecule has 182 valence electrons. The Kier molecular flexibility index (Phi) is 15.9. The first-order chi connectivity index (χ1) is 15.0. The van der Waals surface area contributed by atoms with E-state index in [4.69, 9.17) is 14.6 Å². The van der Waals surface area contributed by atoms with Crippen LogP contribution in [0, 0.1) is 0 Å². The van der Waals surface area contributed by atoms with Gasteiger partial charge in [-0.3, -0.25) is 4.79 Å². The van der Waals surface area contributed by atoms with Crippen LogP contribution in [0.2, 0.25) is 0 Å². The Bertz CT molecular complexity index is 481. The van der Waals surface area contributed by atoms with E-state index in [0.717, 1.165) is 32.1 Å². The number of allylic oxidation sites excluding steroid dienone is 2. The maximum atomic E-state index is 11.9. The second-order valence-corrected chi connectivity index (χ2v) is 8.52. The number of hydrogen-bond donors (Lipinski definition) is 4. The first kappa shape index (κ1) is 28.0. The minimum absolute atomic E-state index is 0.202. The number of rotatable bonds is 17. The van der Waals surface area contributed by atoms with Crippen molar-refractivity contribution in [3.63, 3.8) is 0 Å². The van der Waals surface area contributed by atoms with Gasteiger partial charge in [-0.2, -0.15) is 0 Å². The zero-order chi connectivity index (χ0) is 22.9. The number of hydrogen-bond acceptors (Lipinski definition) is 7. The first-order valence-electron chi connectivity index (χ1n) is 12.2. The van der Waals surface area contributed by atoms with Crippen LogP contribution < -0.4 is 0 Å². The van der Waals surface area contributed by atoms with Gasteiger partial charge >= 0.3 is 5.97 Å². The van der Waals surface area contributed by atoms with E-state index < -0.39 is 43.3 Å². The summed E-state index contributed by atoms with van der Waals surface area (Å²) in [6, 6.07) is 0. The molecule has 1 fully saturated rings. The van der Waals surface area contributed by atoms with Crippen molar-refractivity contribution in [2.45, 2.75) is 128 Å². The third kappa shape index (κ3) is 12.0. The van der Waals surface area contributed by atoms with Crippen molar-refractivity contribution in [3.05, 3.63) is 12.2 Å². The molecule has 1 heterocycles. The van der Waals surface area contributed by atoms with Gasteiger partial charge in [0.15, 0.2) is 0 Å². The zero-order valence-corrected chi connectivity index (χ0v) is 19.2. The molecule has 0 bridgehead atoms. The van der Waals surface area contributed by atoms with Gasteiger partial charge in [0.1, 0.15) is 24.4 Å². The lowest BCUT2D eigenvalue weighted by atomic mass is 9.99. The van der Waals surface area contributed by atoms with Gasteiger partial charge in [-0.15, -0.1) is 0 Å². The van der Waals surface area contributed by atoms with E-state index in [2.05, 4.69) is 19.1 Å². The van der Waals surface area contributed by atoms with E-state index in [-0.39, 0.29) is 6.42 Å². The highest BCUT2D eigenvalue weighted by Crippen LogP contribution is 2.22. The van der Waals surface area contributed by atoms with Crippen LogP contribution >= 0.6 is 0 Å². The summed E-state index contributed by atoms with van der Waals surface area (Å²) in [5.41, 5.74) is 0. The molecule has 1 aliphatic heterocycles. The van der Waals surface area contributed by atoms with Gasteiger partial charge in [0, 0.05) is 6.42 Å². The number of unbranched alkanes of at least 4 members (excludes halogenated alkanes) is 11. The molecule has 0 spiro atoms. The Morgan fingerprint density at radius 1 is 0.806 bits per heavy atom. The Morgan fingerprint density at radius 3 is 1.94 bits per heavy atom. The number of carbonyl (C=O) groups is 1. The summed E-state index contributed by atoms with van der Waals surface area (Å²) >= 11 is 0. The molecule has 0 aliphatic carbocycles. The van der Waals surface area contributed by atoms with E-state index >= 15 is 0 Å². The highest BCUT2D eigenvalue weighted by atomic mass is 16.7. The smallest absolute Gasteiger partial charge is 0.308 e. The number of carbonyl (C=O) groups excluding carboxylic acids is 1. The standard InChI is InChI=1S/C24H44O7/c1-2-3-4-5-6-7-8-9-10-11-12-13-14-15-16-17-20(26)31-24-23(29)22(28)21(27)19(18-25)30-24/h9-10,19,21-25,27-29H,2-8,11-18H2,1H3/b10-9-/t19-,21+,22+,23-,24?/m1/s1. The van der Waals surface area contributed by atoms with Crippen molar-refractivity contribution in [1.29, 1.82) is 0 Å². The fourth-order valence-corrected chi connectivity index (χ4v) is 3.69. The van der Waals surface area contributed by atoms with Crippen molar-refractivity contribution in [2.75, 3.05) is 6.61 Å². The van der Waals surface area contributed by atoms with Crippen LogP contribution in [-0.4, -0.2) is 63.7 Å². The quantitative estimate of drug-likeness (QED) is 0.154. The number of ether oxygens (including phenoxy) is 2. The summed E-state index contributed by atoms with van der Waals surface area (Å²) in [5, 5.41) is 38.5. The van der Waals surface area contributed by atoms with Crippen LogP contribution in [0.5, 0.6) is 0 Å². The largest absolute Gasteiger partial charge is 0.433 e. The molecule has 5 atom stereocenters. The lowest BCUT2D eigenvalue weighted by Gasteiger charge is -2.39. The Balaban J connectivity index is 1.99. The summed E-state index contributed by atoms with van der Waals surface area (Å²) in [7, 11) is 0. The van der Waals surface area contributed by atoms with Crippen molar-refractivity contribution in [2.24, 2.45) is 0 Å². The zero-order valence-electron chi connectivity index (χ0n) is 19.2. The van der Waals surface area contributed by atoms with Gasteiger partial charge in [-0.05, 0) is 32.1 Å². The van der Waals surface area contributed by atoms with Crippen LogP contribution in [0.4, 0.5) is 0 Å². The van der Waals surface area contributed by atoms with Crippen LogP contribution in [0.25, 0.3) is 0 Å². The van der Waals surface area contributed by atoms with Gasteiger partial charge in [0.2, 0.25) is 6.29 Å². The van der Waals surface area contributed by atoms with E-state index in [1.807, 2.05) is 0 Å². The molecule has 0 aromatic carbocycles. The van der Waals surface area contributed by atoms with Crippen molar-refractivity contribution < 1.29 is 34.7 Å². The van der Waals surface area contributed by atoms with Crippen molar-refractivity contribution >= 4 is 5.97 Å². The fraction of sp³-hybridized carbons (Fsp3) is 0.875. The molecular formula is C24H44O7. The normalized spacial score (nSPS) is 26.4. The van der Waals surface area contributed by atoms with Gasteiger partial charge < -0.3 is 29.9 Å². The topological polar surface area (TPSA) is 116 Å². The summed E-state index contributed by atoms with van der Waals surface area (Å²) in [6.45, 7) is 1.69. The molecule has 0 saturated carbocycles. The predicted octanol–water partition coefficient (Wildman–Crippen LogP) is 3.37. The van der Waals surface area contributed by atoms with Crippen molar-refractivity contribution in [3.8, 4) is 0 Å². The van der Waals surface area contributed by atoms with Gasteiger partial charge in [0.25, 0.3) is 0 Å². The molecule has 0 aromatic rings. The molecule has 0 amide bonds. The van der Waals surface area contributed by atoms with Crippen molar-refractivity contribution in [1.82, 2.24) is 0 Å². The van der Waals surface area contributed by atoms with Crippen LogP contribution in [0.3, 0.4) is 0 Å². The molecule has 0 radical (unpaired) electrons. The molecule has 31 heavy (non-hydrogen) atoms. The molecule has 1 saturated heterocycles. The Morgan fingerprint density at radius 2 is 1.35 bits per heavy atom. The van der Waals surface area contributed by atoms with Crippen LogP contribution in [0.1, 0.15) is 96.8 Å². The van der Waals surface area contributed by atoms with Crippen LogP contribution in [-0.2, 0) is 14.3 Å². The lowest BCUT2D eigenvalue weighted by Crippen LogP contribution is -2.59. The monoisotopic (exact) mass is 444 g/mol. The average Bonchev–Trinajstić information content (AvgIpc) is 2.76. The molecule has 1 rings (SSSR count). The molecule has 1 unspecified atom stereocenters. The minimum atomic E-state index is -1.55. The lowest BCUT2D eigenvalue weighted by molar-refractivity contribution is -0.292. The highest BCUT2D eigenvalue weighted by molar-refractivity contribution is 5.69. The molecule has 7 heteroatoms. The predicted molar refractivity (Wildman–Crippen MR) is 119 cm³/mol. The maximum Gasteiger partial charge on any atom is 0.308 e. The molecule has 0 aromatic heterocycles. The molecular weight excluding hydrogens is 400 g/mol. The third-order valence-electron chi connectivity index (χ3n) is 5.74. The number of esters is 1. The SMILES string of the molecule is CCCCCCCC/C=C\CCCCCCCC(=O)OC1O[C@H](CO)[C@H](O)[C@H](O)[C@H]1O. The Hall–Kier alpha value is -0.990. The minimum Gasteiger partial charge on any atom is -0.433 e.